The number of hydrogen-bond donors (Lipinski definition) is 0. The lowest BCUT2D eigenvalue weighted by Crippen LogP contribution is -2.21. The van der Waals surface area contributed by atoms with Crippen molar-refractivity contribution in [3.63, 3.8) is 0 Å². The molecule has 0 rings (SSSR count). The molecule has 4 nitrogen and oxygen atoms in total. The predicted molar refractivity (Wildman–Crippen MR) is 32.6 cm³/mol. The molecule has 0 saturated heterocycles. The van der Waals surface area contributed by atoms with Gasteiger partial charge in [-0.05, 0) is 0 Å². The molecule has 0 aromatic carbocycles. The maximum atomic E-state index is 12.0. The van der Waals surface area contributed by atoms with E-state index >= 15 is 0 Å². The molecule has 0 aromatic heterocycles. The van der Waals surface area contributed by atoms with E-state index in [0.29, 0.717) is 0 Å². The van der Waals surface area contributed by atoms with E-state index in [9.17, 15) is 17.8 Å². The highest BCUT2D eigenvalue weighted by Gasteiger charge is 2.40. The monoisotopic (exact) mass is 188 g/mol. The summed E-state index contributed by atoms with van der Waals surface area (Å²) in [6.45, 7) is 0. The Morgan fingerprint density at radius 3 is 2.00 bits per heavy atom. The summed E-state index contributed by atoms with van der Waals surface area (Å²) in [5.74, 6) is -3.59. The fourth-order valence-corrected chi connectivity index (χ4v) is 1.04. The minimum absolute atomic E-state index is 0.855. The third kappa shape index (κ3) is 2.95. The van der Waals surface area contributed by atoms with Gasteiger partial charge in [0.25, 0.3) is 5.85 Å². The highest BCUT2D eigenvalue weighted by atomic mass is 31.2. The van der Waals surface area contributed by atoms with Gasteiger partial charge in [0.1, 0.15) is 0 Å². The second-order valence-corrected chi connectivity index (χ2v) is 3.09. The molecule has 0 spiro atoms. The van der Waals surface area contributed by atoms with Crippen LogP contribution in [0.1, 0.15) is 0 Å². The SMILES string of the molecule is COC(=O)C(OC)P(=O)(F)F. The smallest absolute Gasteiger partial charge is 0.442 e. The van der Waals surface area contributed by atoms with Gasteiger partial charge in [-0.2, -0.15) is 0 Å². The highest BCUT2D eigenvalue weighted by Crippen LogP contribution is 2.54. The number of carbonyl (C=O) groups excluding carboxylic acids is 1. The molecule has 11 heavy (non-hydrogen) atoms. The standard InChI is InChI=1S/C4H7F2O4P/c1-9-3(7)4(10-2)11(5,6)8/h4H,1-2H3. The van der Waals surface area contributed by atoms with E-state index in [1.807, 2.05) is 0 Å². The largest absolute Gasteiger partial charge is 0.467 e. The molecule has 0 amide bonds. The Balaban J connectivity index is 4.42. The molecule has 0 fully saturated rings. The minimum Gasteiger partial charge on any atom is -0.467 e. The summed E-state index contributed by atoms with van der Waals surface area (Å²) in [4.78, 5) is 10.4. The maximum Gasteiger partial charge on any atom is 0.442 e. The molecule has 0 aliphatic rings. The summed E-state index contributed by atoms with van der Waals surface area (Å²) < 4.78 is 41.8. The lowest BCUT2D eigenvalue weighted by molar-refractivity contribution is -0.147. The molecular weight excluding hydrogens is 181 g/mol. The van der Waals surface area contributed by atoms with E-state index in [-0.39, 0.29) is 0 Å². The van der Waals surface area contributed by atoms with Crippen LogP contribution in [-0.2, 0) is 18.8 Å². The van der Waals surface area contributed by atoms with Crippen molar-refractivity contribution in [3.05, 3.63) is 0 Å². The van der Waals surface area contributed by atoms with Crippen LogP contribution in [0.25, 0.3) is 0 Å². The molecule has 66 valence electrons. The predicted octanol–water partition coefficient (Wildman–Crippen LogP) is 1.26. The van der Waals surface area contributed by atoms with Crippen molar-refractivity contribution in [1.82, 2.24) is 0 Å². The van der Waals surface area contributed by atoms with Gasteiger partial charge in [-0.25, -0.2) is 9.36 Å². The first-order valence-corrected chi connectivity index (χ1v) is 4.09. The first kappa shape index (κ1) is 10.5. The van der Waals surface area contributed by atoms with Crippen molar-refractivity contribution in [3.8, 4) is 0 Å². The van der Waals surface area contributed by atoms with Crippen molar-refractivity contribution in [1.29, 1.82) is 0 Å². The first-order valence-electron chi connectivity index (χ1n) is 2.53. The van der Waals surface area contributed by atoms with Crippen molar-refractivity contribution in [2.24, 2.45) is 0 Å². The molecule has 0 radical (unpaired) electrons. The summed E-state index contributed by atoms with van der Waals surface area (Å²) >= 11 is 0. The van der Waals surface area contributed by atoms with E-state index in [1.54, 1.807) is 0 Å². The molecule has 1 unspecified atom stereocenters. The van der Waals surface area contributed by atoms with Crippen LogP contribution in [0, 0.1) is 0 Å². The van der Waals surface area contributed by atoms with Gasteiger partial charge in [0.05, 0.1) is 7.11 Å². The molecule has 1 atom stereocenters. The van der Waals surface area contributed by atoms with Gasteiger partial charge in [0.2, 0.25) is 0 Å². The number of ether oxygens (including phenoxy) is 2. The Bertz CT molecular complexity index is 189. The fraction of sp³-hybridized carbons (Fsp3) is 0.750. The summed E-state index contributed by atoms with van der Waals surface area (Å²) in [5.41, 5.74) is 0. The molecule has 0 N–H and O–H groups in total. The lowest BCUT2D eigenvalue weighted by Gasteiger charge is -2.09. The Kier molecular flexibility index (Phi) is 3.62. The highest BCUT2D eigenvalue weighted by molar-refractivity contribution is 7.54. The number of esters is 1. The molecule has 0 saturated carbocycles. The molecule has 0 aromatic rings. The van der Waals surface area contributed by atoms with Gasteiger partial charge >= 0.3 is 13.7 Å². The summed E-state index contributed by atoms with van der Waals surface area (Å²) in [5, 5.41) is 0. The van der Waals surface area contributed by atoms with Gasteiger partial charge in [0.15, 0.2) is 0 Å². The van der Waals surface area contributed by atoms with Crippen LogP contribution < -0.4 is 0 Å². The van der Waals surface area contributed by atoms with Gasteiger partial charge in [0, 0.05) is 7.11 Å². The number of methoxy groups -OCH3 is 2. The molecule has 0 aliphatic heterocycles. The Labute approximate surface area is 62.1 Å². The van der Waals surface area contributed by atoms with Crippen molar-refractivity contribution in [2.75, 3.05) is 14.2 Å². The van der Waals surface area contributed by atoms with Crippen molar-refractivity contribution in [2.45, 2.75) is 5.85 Å². The van der Waals surface area contributed by atoms with Gasteiger partial charge in [-0.1, -0.05) is 0 Å². The van der Waals surface area contributed by atoms with Crippen molar-refractivity contribution < 1.29 is 27.2 Å². The molecule has 0 heterocycles. The Morgan fingerprint density at radius 1 is 1.45 bits per heavy atom. The van der Waals surface area contributed by atoms with E-state index in [2.05, 4.69) is 9.47 Å². The van der Waals surface area contributed by atoms with Gasteiger partial charge in [-0.3, -0.25) is 0 Å². The second kappa shape index (κ2) is 3.78. The zero-order valence-electron chi connectivity index (χ0n) is 5.91. The van der Waals surface area contributed by atoms with Crippen LogP contribution in [0.3, 0.4) is 0 Å². The number of hydrogen-bond acceptors (Lipinski definition) is 4. The summed E-state index contributed by atoms with van der Waals surface area (Å²) in [6.07, 6.45) is 0. The van der Waals surface area contributed by atoms with Gasteiger partial charge < -0.3 is 9.47 Å². The van der Waals surface area contributed by atoms with Crippen LogP contribution in [0.5, 0.6) is 0 Å². The van der Waals surface area contributed by atoms with Crippen LogP contribution in [0.4, 0.5) is 8.39 Å². The average Bonchev–Trinajstić information content (AvgIpc) is 1.86. The van der Waals surface area contributed by atoms with Crippen LogP contribution in [0.15, 0.2) is 0 Å². The third-order valence-corrected chi connectivity index (χ3v) is 1.87. The van der Waals surface area contributed by atoms with E-state index in [1.165, 1.54) is 0 Å². The normalized spacial score (nSPS) is 14.2. The Hall–Kier alpha value is -0.480. The van der Waals surface area contributed by atoms with E-state index in [4.69, 9.17) is 0 Å². The minimum atomic E-state index is -5.55. The van der Waals surface area contributed by atoms with Crippen LogP contribution >= 0.6 is 7.76 Å². The summed E-state index contributed by atoms with van der Waals surface area (Å²) in [7, 11) is -3.78. The fourth-order valence-electron chi connectivity index (χ4n) is 0.442. The van der Waals surface area contributed by atoms with Crippen LogP contribution in [-0.4, -0.2) is 26.0 Å². The summed E-state index contributed by atoms with van der Waals surface area (Å²) in [6, 6.07) is 0. The second-order valence-electron chi connectivity index (χ2n) is 1.61. The quantitative estimate of drug-likeness (QED) is 0.494. The topological polar surface area (TPSA) is 52.6 Å². The molecule has 0 bridgehead atoms. The zero-order valence-corrected chi connectivity index (χ0v) is 6.81. The number of carbonyl (C=O) groups is 1. The number of rotatable bonds is 3. The number of halogens is 2. The molecule has 7 heteroatoms. The van der Waals surface area contributed by atoms with Crippen LogP contribution in [0.2, 0.25) is 0 Å². The molecular formula is C4H7F2O4P. The van der Waals surface area contributed by atoms with E-state index in [0.717, 1.165) is 14.2 Å². The third-order valence-electron chi connectivity index (χ3n) is 0.899. The first-order chi connectivity index (χ1) is 4.93. The maximum absolute atomic E-state index is 12.0. The van der Waals surface area contributed by atoms with Crippen molar-refractivity contribution >= 4 is 13.7 Å². The zero-order chi connectivity index (χ0) is 9.07. The van der Waals surface area contributed by atoms with Gasteiger partial charge in [-0.15, -0.1) is 8.39 Å². The Morgan fingerprint density at radius 2 is 1.91 bits per heavy atom. The molecule has 0 aliphatic carbocycles. The van der Waals surface area contributed by atoms with E-state index < -0.39 is 19.6 Å². The lowest BCUT2D eigenvalue weighted by atomic mass is 10.7. The average molecular weight is 188 g/mol.